The molecule has 0 fully saturated rings. The molecule has 35 heavy (non-hydrogen) atoms. The maximum Gasteiger partial charge on any atom is 0.416 e. The first-order valence-corrected chi connectivity index (χ1v) is 12.9. The first-order chi connectivity index (χ1) is 16.6. The molecule has 1 amide bonds. The number of amides is 1. The first-order valence-electron chi connectivity index (χ1n) is 11.2. The second-order valence-corrected chi connectivity index (χ2v) is 9.78. The Hall–Kier alpha value is -2.93. The number of halogens is 3. The number of carbonyl (C=O) groups excluding carboxylic acids is 1. The number of anilines is 1. The van der Waals surface area contributed by atoms with Gasteiger partial charge in [-0.25, -0.2) is 0 Å². The van der Waals surface area contributed by atoms with E-state index in [2.05, 4.69) is 0 Å². The maximum atomic E-state index is 13.5. The molecule has 0 aliphatic heterocycles. The van der Waals surface area contributed by atoms with Gasteiger partial charge < -0.3 is 13.9 Å². The molecule has 0 saturated carbocycles. The van der Waals surface area contributed by atoms with Crippen LogP contribution < -0.4 is 4.90 Å². The molecule has 9 heteroatoms. The van der Waals surface area contributed by atoms with Crippen LogP contribution in [0.25, 0.3) is 0 Å². The van der Waals surface area contributed by atoms with E-state index in [0.717, 1.165) is 17.7 Å². The molecule has 0 bridgehead atoms. The third-order valence-electron chi connectivity index (χ3n) is 5.14. The molecule has 0 aliphatic carbocycles. The molecule has 0 aromatic heterocycles. The fraction of sp³-hybridized carbons (Fsp3) is 0.269. The number of hydrogen-bond donors (Lipinski definition) is 0. The lowest BCUT2D eigenvalue weighted by atomic mass is 10.1. The van der Waals surface area contributed by atoms with Gasteiger partial charge in [-0.2, -0.15) is 13.2 Å². The second kappa shape index (κ2) is 11.7. The molecular weight excluding hydrogens is 478 g/mol. The van der Waals surface area contributed by atoms with Crippen molar-refractivity contribution in [3.8, 4) is 0 Å². The van der Waals surface area contributed by atoms with Gasteiger partial charge in [0.2, 0.25) is 0 Å². The van der Waals surface area contributed by atoms with Crippen LogP contribution in [0, 0.1) is 0 Å². The molecule has 0 aliphatic rings. The molecule has 3 aromatic rings. The van der Waals surface area contributed by atoms with Crippen LogP contribution in [0.5, 0.6) is 0 Å². The number of hydrogen-bond acceptors (Lipinski definition) is 4. The van der Waals surface area contributed by atoms with E-state index in [-0.39, 0.29) is 37.2 Å². The lowest BCUT2D eigenvalue weighted by Crippen LogP contribution is -2.30. The molecule has 0 atom stereocenters. The summed E-state index contributed by atoms with van der Waals surface area (Å²) >= 11 is 0. The van der Waals surface area contributed by atoms with E-state index in [0.29, 0.717) is 5.56 Å². The zero-order chi connectivity index (χ0) is 25.5. The van der Waals surface area contributed by atoms with Gasteiger partial charge in [0.1, 0.15) is 0 Å². The van der Waals surface area contributed by atoms with Crippen LogP contribution in [-0.2, 0) is 32.5 Å². The summed E-state index contributed by atoms with van der Waals surface area (Å²) < 4.78 is 63.4. The largest absolute Gasteiger partial charge is 0.416 e. The predicted molar refractivity (Wildman–Crippen MR) is 129 cm³/mol. The Kier molecular flexibility index (Phi) is 8.89. The van der Waals surface area contributed by atoms with Gasteiger partial charge in [0, 0.05) is 11.3 Å². The summed E-state index contributed by atoms with van der Waals surface area (Å²) in [7, 11) is -3.32. The molecular formula is C26H27F3NO4P. The van der Waals surface area contributed by atoms with E-state index in [1.54, 1.807) is 62.4 Å². The molecule has 0 heterocycles. The number of rotatable bonds is 10. The standard InChI is InChI=1S/C26H27F3NO4P/c1-3-33-35(32,34-4-2)19-21-13-15-22(16-14-21)25(31)30(18-20-9-6-5-7-10-20)24-12-8-11-23(17-24)26(27,28)29/h5-17H,3-4,18-19H2,1-2H3. The molecule has 5 nitrogen and oxygen atoms in total. The minimum absolute atomic E-state index is 0.0461. The van der Waals surface area contributed by atoms with E-state index in [4.69, 9.17) is 9.05 Å². The molecule has 3 rings (SSSR count). The topological polar surface area (TPSA) is 55.8 Å². The number of nitrogens with zero attached hydrogens (tertiary/aromatic N) is 1. The second-order valence-electron chi connectivity index (χ2n) is 7.73. The van der Waals surface area contributed by atoms with E-state index in [9.17, 15) is 22.5 Å². The third kappa shape index (κ3) is 7.28. The summed E-state index contributed by atoms with van der Waals surface area (Å²) in [6, 6.07) is 20.1. The summed E-state index contributed by atoms with van der Waals surface area (Å²) in [6.45, 7) is 4.01. The van der Waals surface area contributed by atoms with Crippen molar-refractivity contribution in [2.24, 2.45) is 0 Å². The highest BCUT2D eigenvalue weighted by Gasteiger charge is 2.31. The first kappa shape index (κ1) is 26.7. The molecule has 0 radical (unpaired) electrons. The summed E-state index contributed by atoms with van der Waals surface area (Å²) in [5.74, 6) is -0.461. The number of alkyl halides is 3. The van der Waals surface area contributed by atoms with Gasteiger partial charge in [-0.3, -0.25) is 9.36 Å². The Labute approximate surface area is 203 Å². The van der Waals surface area contributed by atoms with Crippen LogP contribution in [-0.4, -0.2) is 19.1 Å². The summed E-state index contributed by atoms with van der Waals surface area (Å²) in [5.41, 5.74) is 1.00. The summed E-state index contributed by atoms with van der Waals surface area (Å²) in [6.07, 6.45) is -4.49. The lowest BCUT2D eigenvalue weighted by molar-refractivity contribution is -0.137. The van der Waals surface area contributed by atoms with Crippen LogP contribution in [0.2, 0.25) is 0 Å². The average molecular weight is 505 g/mol. The SMILES string of the molecule is CCOP(=O)(Cc1ccc(C(=O)N(Cc2ccccc2)c2cccc(C(F)(F)F)c2)cc1)OCC. The van der Waals surface area contributed by atoms with Crippen molar-refractivity contribution in [3.63, 3.8) is 0 Å². The Morgan fingerprint density at radius 1 is 0.857 bits per heavy atom. The number of benzene rings is 3. The van der Waals surface area contributed by atoms with E-state index >= 15 is 0 Å². The van der Waals surface area contributed by atoms with E-state index < -0.39 is 25.2 Å². The maximum absolute atomic E-state index is 13.5. The molecule has 0 spiro atoms. The van der Waals surface area contributed by atoms with Gasteiger partial charge in [0.05, 0.1) is 31.5 Å². The monoisotopic (exact) mass is 505 g/mol. The van der Waals surface area contributed by atoms with E-state index in [1.807, 2.05) is 6.07 Å². The molecule has 0 N–H and O–H groups in total. The Morgan fingerprint density at radius 2 is 1.49 bits per heavy atom. The van der Waals surface area contributed by atoms with Crippen molar-refractivity contribution in [1.82, 2.24) is 0 Å². The van der Waals surface area contributed by atoms with Gasteiger partial charge in [-0.15, -0.1) is 0 Å². The average Bonchev–Trinajstić information content (AvgIpc) is 2.83. The highest BCUT2D eigenvalue weighted by atomic mass is 31.2. The van der Waals surface area contributed by atoms with Gasteiger partial charge in [-0.1, -0.05) is 48.5 Å². The fourth-order valence-electron chi connectivity index (χ4n) is 3.55. The van der Waals surface area contributed by atoms with Crippen molar-refractivity contribution >= 4 is 19.2 Å². The van der Waals surface area contributed by atoms with Gasteiger partial charge in [-0.05, 0) is 55.3 Å². The summed E-state index contributed by atoms with van der Waals surface area (Å²) in [5, 5.41) is 0. The molecule has 0 saturated heterocycles. The Balaban J connectivity index is 1.91. The van der Waals surface area contributed by atoms with Crippen molar-refractivity contribution in [2.75, 3.05) is 18.1 Å². The van der Waals surface area contributed by atoms with Crippen LogP contribution in [0.3, 0.4) is 0 Å². The highest BCUT2D eigenvalue weighted by molar-refractivity contribution is 7.53. The van der Waals surface area contributed by atoms with Crippen LogP contribution >= 0.6 is 7.60 Å². The third-order valence-corrected chi connectivity index (χ3v) is 7.20. The minimum Gasteiger partial charge on any atom is -0.309 e. The van der Waals surface area contributed by atoms with Crippen molar-refractivity contribution in [3.05, 3.63) is 101 Å². The van der Waals surface area contributed by atoms with Crippen LogP contribution in [0.1, 0.15) is 40.9 Å². The van der Waals surface area contributed by atoms with Gasteiger partial charge in [0.15, 0.2) is 0 Å². The van der Waals surface area contributed by atoms with E-state index in [1.165, 1.54) is 17.0 Å². The van der Waals surface area contributed by atoms with Crippen molar-refractivity contribution < 1.29 is 31.6 Å². The number of carbonyl (C=O) groups is 1. The zero-order valence-electron chi connectivity index (χ0n) is 19.5. The minimum atomic E-state index is -4.53. The highest BCUT2D eigenvalue weighted by Crippen LogP contribution is 2.51. The molecule has 186 valence electrons. The van der Waals surface area contributed by atoms with Crippen molar-refractivity contribution in [1.29, 1.82) is 0 Å². The van der Waals surface area contributed by atoms with Crippen LogP contribution in [0.4, 0.5) is 18.9 Å². The van der Waals surface area contributed by atoms with Crippen molar-refractivity contribution in [2.45, 2.75) is 32.7 Å². The smallest absolute Gasteiger partial charge is 0.309 e. The normalized spacial score (nSPS) is 11.9. The Morgan fingerprint density at radius 3 is 2.06 bits per heavy atom. The quantitative estimate of drug-likeness (QED) is 0.271. The zero-order valence-corrected chi connectivity index (χ0v) is 20.4. The molecule has 0 unspecified atom stereocenters. The van der Waals surface area contributed by atoms with Gasteiger partial charge >= 0.3 is 13.8 Å². The van der Waals surface area contributed by atoms with Gasteiger partial charge in [0.25, 0.3) is 5.91 Å². The fourth-order valence-corrected chi connectivity index (χ4v) is 5.25. The predicted octanol–water partition coefficient (Wildman–Crippen LogP) is 7.32. The lowest BCUT2D eigenvalue weighted by Gasteiger charge is -2.24. The summed E-state index contributed by atoms with van der Waals surface area (Å²) in [4.78, 5) is 14.8. The molecule has 3 aromatic carbocycles. The Bertz CT molecular complexity index is 1160. The van der Waals surface area contributed by atoms with Crippen LogP contribution in [0.15, 0.2) is 78.9 Å².